The van der Waals surface area contributed by atoms with Gasteiger partial charge in [-0.2, -0.15) is 0 Å². The van der Waals surface area contributed by atoms with Crippen LogP contribution in [0.15, 0.2) is 34.2 Å². The highest BCUT2D eigenvalue weighted by Crippen LogP contribution is 2.20. The molecule has 0 saturated carbocycles. The zero-order valence-electron chi connectivity index (χ0n) is 16.1. The first-order valence-electron chi connectivity index (χ1n) is 9.47. The Bertz CT molecular complexity index is 620. The fourth-order valence-electron chi connectivity index (χ4n) is 2.91. The Morgan fingerprint density at radius 1 is 1.33 bits per heavy atom. The summed E-state index contributed by atoms with van der Waals surface area (Å²) in [6.07, 6.45) is 1.96. The van der Waals surface area contributed by atoms with Crippen LogP contribution < -0.4 is 16.0 Å². The normalized spacial score (nSPS) is 16.2. The highest BCUT2D eigenvalue weighted by atomic mass is 32.2. The highest BCUT2D eigenvalue weighted by Gasteiger charge is 2.21. The molecule has 1 aromatic carbocycles. The van der Waals surface area contributed by atoms with Crippen molar-refractivity contribution in [2.24, 2.45) is 4.99 Å². The third-order valence-electron chi connectivity index (χ3n) is 4.37. The van der Waals surface area contributed by atoms with E-state index in [4.69, 9.17) is 0 Å². The number of hydrogen-bond donors (Lipinski definition) is 3. The molecule has 3 N–H and O–H groups in total. The monoisotopic (exact) mass is 395 g/mol. The lowest BCUT2D eigenvalue weighted by atomic mass is 10.1. The van der Waals surface area contributed by atoms with E-state index in [0.29, 0.717) is 24.0 Å². The van der Waals surface area contributed by atoms with Crippen molar-refractivity contribution >= 4 is 23.6 Å². The molecule has 0 atom stereocenters. The summed E-state index contributed by atoms with van der Waals surface area (Å²) in [5, 5.41) is 9.42. The Kier molecular flexibility index (Phi) is 9.41. The maximum atomic E-state index is 13.6. The molecule has 1 heterocycles. The quantitative estimate of drug-likeness (QED) is 0.270. The molecule has 0 aliphatic carbocycles. The second-order valence-corrected chi connectivity index (χ2v) is 7.54. The van der Waals surface area contributed by atoms with Crippen molar-refractivity contribution in [3.63, 3.8) is 0 Å². The Hall–Kier alpha value is -1.80. The summed E-state index contributed by atoms with van der Waals surface area (Å²) in [5.41, 5.74) is 0. The molecule has 0 bridgehead atoms. The number of aliphatic imine (C=N–C) groups is 1. The van der Waals surface area contributed by atoms with Crippen LogP contribution in [0.25, 0.3) is 0 Å². The summed E-state index contributed by atoms with van der Waals surface area (Å²) in [6.45, 7) is 5.70. The number of rotatable bonds is 8. The van der Waals surface area contributed by atoms with Crippen LogP contribution in [-0.4, -0.2) is 68.3 Å². The largest absolute Gasteiger partial charge is 0.358 e. The number of likely N-dealkylation sites (N-methyl/N-ethyl adjacent to an activating group) is 1. The number of carbonyl (C=O) groups is 1. The molecule has 150 valence electrons. The fraction of sp³-hybridized carbons (Fsp3) is 0.579. The molecule has 2 rings (SSSR count). The zero-order chi connectivity index (χ0) is 19.5. The van der Waals surface area contributed by atoms with Gasteiger partial charge in [0.1, 0.15) is 5.82 Å². The van der Waals surface area contributed by atoms with Crippen LogP contribution in [0.2, 0.25) is 0 Å². The van der Waals surface area contributed by atoms with Gasteiger partial charge in [0, 0.05) is 43.4 Å². The van der Waals surface area contributed by atoms with Gasteiger partial charge in [0.25, 0.3) is 0 Å². The van der Waals surface area contributed by atoms with Gasteiger partial charge >= 0.3 is 0 Å². The van der Waals surface area contributed by atoms with Gasteiger partial charge in [0.2, 0.25) is 5.91 Å². The molecule has 1 amide bonds. The molecule has 6 nitrogen and oxygen atoms in total. The van der Waals surface area contributed by atoms with E-state index in [2.05, 4.69) is 25.8 Å². The average molecular weight is 396 g/mol. The average Bonchev–Trinajstić information content (AvgIpc) is 2.68. The lowest BCUT2D eigenvalue weighted by molar-refractivity contribution is -0.122. The number of likely N-dealkylation sites (tertiary alicyclic amines) is 1. The van der Waals surface area contributed by atoms with Crippen molar-refractivity contribution in [1.29, 1.82) is 0 Å². The smallest absolute Gasteiger partial charge is 0.233 e. The van der Waals surface area contributed by atoms with Gasteiger partial charge in [-0.05, 0) is 31.9 Å². The molecular formula is C19H30FN5OS. The van der Waals surface area contributed by atoms with Crippen LogP contribution in [0, 0.1) is 5.82 Å². The van der Waals surface area contributed by atoms with Crippen LogP contribution in [-0.2, 0) is 4.79 Å². The predicted octanol–water partition coefficient (Wildman–Crippen LogP) is 1.68. The molecular weight excluding hydrogens is 365 g/mol. The predicted molar refractivity (Wildman–Crippen MR) is 110 cm³/mol. The van der Waals surface area contributed by atoms with Gasteiger partial charge in [-0.1, -0.05) is 12.1 Å². The van der Waals surface area contributed by atoms with Crippen molar-refractivity contribution in [3.8, 4) is 0 Å². The molecule has 1 aliphatic rings. The van der Waals surface area contributed by atoms with E-state index in [0.717, 1.165) is 44.2 Å². The molecule has 0 spiro atoms. The van der Waals surface area contributed by atoms with Crippen molar-refractivity contribution in [3.05, 3.63) is 30.1 Å². The molecule has 27 heavy (non-hydrogen) atoms. The van der Waals surface area contributed by atoms with Crippen LogP contribution in [0.5, 0.6) is 0 Å². The van der Waals surface area contributed by atoms with Crippen LogP contribution in [0.3, 0.4) is 0 Å². The number of halogens is 1. The van der Waals surface area contributed by atoms with E-state index >= 15 is 0 Å². The van der Waals surface area contributed by atoms with E-state index in [9.17, 15) is 9.18 Å². The summed E-state index contributed by atoms with van der Waals surface area (Å²) in [5.74, 6) is 1.40. The van der Waals surface area contributed by atoms with E-state index < -0.39 is 0 Å². The number of amides is 1. The zero-order valence-corrected chi connectivity index (χ0v) is 16.9. The van der Waals surface area contributed by atoms with Crippen molar-refractivity contribution in [2.45, 2.75) is 30.7 Å². The third kappa shape index (κ3) is 7.76. The fourth-order valence-corrected chi connectivity index (χ4v) is 3.69. The van der Waals surface area contributed by atoms with Crippen LogP contribution >= 0.6 is 11.8 Å². The Labute approximate surface area is 165 Å². The number of benzene rings is 1. The standard InChI is InChI=1S/C19H30FN5OS/c1-3-22-19(23-10-13-27-17-7-5-4-6-16(17)20)24-15-8-11-25(12-9-15)14-18(26)21-2/h4-7,15H,3,8-14H2,1-2H3,(H,21,26)(H2,22,23,24). The van der Waals surface area contributed by atoms with Crippen LogP contribution in [0.1, 0.15) is 19.8 Å². The first kappa shape index (κ1) is 21.5. The van der Waals surface area contributed by atoms with Gasteiger partial charge in [-0.15, -0.1) is 11.8 Å². The number of thioether (sulfide) groups is 1. The molecule has 1 aliphatic heterocycles. The maximum Gasteiger partial charge on any atom is 0.233 e. The number of carbonyl (C=O) groups excluding carboxylic acids is 1. The number of piperidine rings is 1. The van der Waals surface area contributed by atoms with Crippen molar-refractivity contribution in [1.82, 2.24) is 20.9 Å². The minimum absolute atomic E-state index is 0.0589. The summed E-state index contributed by atoms with van der Waals surface area (Å²) in [6, 6.07) is 7.16. The van der Waals surface area contributed by atoms with E-state index in [1.165, 1.54) is 17.8 Å². The Balaban J connectivity index is 1.75. The summed E-state index contributed by atoms with van der Waals surface area (Å²) < 4.78 is 13.6. The topological polar surface area (TPSA) is 68.8 Å². The molecule has 0 unspecified atom stereocenters. The molecule has 0 radical (unpaired) electrons. The SMILES string of the molecule is CCNC(=NCCSc1ccccc1F)NC1CCN(CC(=O)NC)CC1. The second kappa shape index (κ2) is 11.8. The number of guanidine groups is 1. The number of nitrogens with zero attached hydrogens (tertiary/aromatic N) is 2. The molecule has 1 saturated heterocycles. The first-order chi connectivity index (χ1) is 13.1. The lowest BCUT2D eigenvalue weighted by Gasteiger charge is -2.32. The Morgan fingerprint density at radius 2 is 2.07 bits per heavy atom. The molecule has 0 aromatic heterocycles. The minimum Gasteiger partial charge on any atom is -0.358 e. The van der Waals surface area contributed by atoms with E-state index in [-0.39, 0.29) is 11.7 Å². The lowest BCUT2D eigenvalue weighted by Crippen LogP contribution is -2.50. The van der Waals surface area contributed by atoms with Gasteiger partial charge < -0.3 is 16.0 Å². The first-order valence-corrected chi connectivity index (χ1v) is 10.5. The molecule has 1 aromatic rings. The maximum absolute atomic E-state index is 13.6. The van der Waals surface area contributed by atoms with Gasteiger partial charge in [-0.25, -0.2) is 4.39 Å². The number of hydrogen-bond acceptors (Lipinski definition) is 4. The molecule has 1 fully saturated rings. The van der Waals surface area contributed by atoms with E-state index in [1.807, 2.05) is 13.0 Å². The van der Waals surface area contributed by atoms with Gasteiger partial charge in [0.05, 0.1) is 13.1 Å². The van der Waals surface area contributed by atoms with Gasteiger partial charge in [-0.3, -0.25) is 14.7 Å². The Morgan fingerprint density at radius 3 is 2.74 bits per heavy atom. The van der Waals surface area contributed by atoms with E-state index in [1.54, 1.807) is 19.2 Å². The van der Waals surface area contributed by atoms with Crippen molar-refractivity contribution in [2.75, 3.05) is 45.5 Å². The summed E-state index contributed by atoms with van der Waals surface area (Å²) >= 11 is 1.48. The second-order valence-electron chi connectivity index (χ2n) is 6.41. The van der Waals surface area contributed by atoms with Crippen molar-refractivity contribution < 1.29 is 9.18 Å². The number of nitrogens with one attached hydrogen (secondary N) is 3. The molecule has 8 heteroatoms. The third-order valence-corrected chi connectivity index (χ3v) is 5.40. The highest BCUT2D eigenvalue weighted by molar-refractivity contribution is 7.99. The van der Waals surface area contributed by atoms with Crippen LogP contribution in [0.4, 0.5) is 4.39 Å². The summed E-state index contributed by atoms with van der Waals surface area (Å²) in [4.78, 5) is 18.9. The summed E-state index contributed by atoms with van der Waals surface area (Å²) in [7, 11) is 1.67. The van der Waals surface area contributed by atoms with Gasteiger partial charge in [0.15, 0.2) is 5.96 Å². The minimum atomic E-state index is -0.181.